The summed E-state index contributed by atoms with van der Waals surface area (Å²) in [6.07, 6.45) is 6.56. The molecule has 1 aromatic heterocycles. The molecular weight excluding hydrogens is 566 g/mol. The second-order valence-corrected chi connectivity index (χ2v) is 11.1. The summed E-state index contributed by atoms with van der Waals surface area (Å²) in [7, 11) is 0. The van der Waals surface area contributed by atoms with Crippen LogP contribution in [0.1, 0.15) is 65.6 Å². The molecule has 5 heterocycles. The zero-order chi connectivity index (χ0) is 30.3. The molecule has 0 saturated carbocycles. The van der Waals surface area contributed by atoms with Gasteiger partial charge in [-0.15, -0.1) is 0 Å². The topological polar surface area (TPSA) is 121 Å². The van der Waals surface area contributed by atoms with E-state index in [0.717, 1.165) is 12.5 Å². The van der Waals surface area contributed by atoms with Gasteiger partial charge in [0, 0.05) is 37.0 Å². The van der Waals surface area contributed by atoms with E-state index in [4.69, 9.17) is 19.0 Å². The maximum atomic E-state index is 14.2. The number of nitrogens with one attached hydrogen (secondary N) is 1. The molecule has 1 saturated heterocycles. The third-order valence-corrected chi connectivity index (χ3v) is 8.17. The van der Waals surface area contributed by atoms with Gasteiger partial charge in [-0.3, -0.25) is 14.4 Å². The van der Waals surface area contributed by atoms with Gasteiger partial charge in [0.05, 0.1) is 32.3 Å². The number of rotatable bonds is 8. The molecule has 0 radical (unpaired) electrons. The molecule has 228 valence electrons. The van der Waals surface area contributed by atoms with Crippen LogP contribution in [0.25, 0.3) is 0 Å². The number of aromatic nitrogens is 1. The van der Waals surface area contributed by atoms with Gasteiger partial charge in [0.2, 0.25) is 11.3 Å². The fraction of sp³-hybridized carbons (Fsp3) is 0.467. The lowest BCUT2D eigenvalue weighted by Crippen LogP contribution is -2.53. The van der Waals surface area contributed by atoms with Crippen LogP contribution in [-0.4, -0.2) is 71.3 Å². The standard InChI is InChI=1S/C30H32F2N4O7/c1-3-4-9-41-27-25-29(39)35-14-23(30(8-7-17(35)2)11-24(34-43-30)42-20-15-40-16-20)36(25)13-21(26(27)37)28(38)33-12-18-5-6-19(31)10-22(18)32/h5-8,10,13,17,20,23H,3-4,9,11-12,14-16H2,1-2H3,(H,33,38)/t17-,23+,30-/m0/s1. The van der Waals surface area contributed by atoms with Crippen molar-refractivity contribution in [2.24, 2.45) is 5.16 Å². The maximum Gasteiger partial charge on any atom is 0.275 e. The Bertz CT molecular complexity index is 1570. The minimum Gasteiger partial charge on any atom is -0.487 e. The average molecular weight is 599 g/mol. The summed E-state index contributed by atoms with van der Waals surface area (Å²) >= 11 is 0. The van der Waals surface area contributed by atoms with Crippen molar-refractivity contribution in [1.29, 1.82) is 0 Å². The second-order valence-electron chi connectivity index (χ2n) is 11.1. The highest BCUT2D eigenvalue weighted by molar-refractivity contribution is 5.99. The van der Waals surface area contributed by atoms with E-state index in [1.807, 2.05) is 26.0 Å². The van der Waals surface area contributed by atoms with Crippen molar-refractivity contribution >= 4 is 17.7 Å². The third-order valence-electron chi connectivity index (χ3n) is 8.17. The van der Waals surface area contributed by atoms with Gasteiger partial charge in [-0.05, 0) is 25.5 Å². The zero-order valence-corrected chi connectivity index (χ0v) is 23.8. The number of benzene rings is 1. The van der Waals surface area contributed by atoms with Crippen molar-refractivity contribution in [2.45, 2.75) is 63.4 Å². The highest BCUT2D eigenvalue weighted by Gasteiger charge is 2.53. The van der Waals surface area contributed by atoms with Gasteiger partial charge >= 0.3 is 0 Å². The smallest absolute Gasteiger partial charge is 0.275 e. The lowest BCUT2D eigenvalue weighted by Gasteiger charge is -2.42. The summed E-state index contributed by atoms with van der Waals surface area (Å²) < 4.78 is 46.2. The van der Waals surface area contributed by atoms with Crippen LogP contribution in [0.15, 0.2) is 46.5 Å². The summed E-state index contributed by atoms with van der Waals surface area (Å²) in [5.41, 5.74) is -2.09. The first kappa shape index (κ1) is 28.8. The molecule has 2 amide bonds. The number of hydrogen-bond acceptors (Lipinski definition) is 8. The third kappa shape index (κ3) is 5.26. The van der Waals surface area contributed by atoms with Gasteiger partial charge in [-0.25, -0.2) is 8.78 Å². The molecule has 43 heavy (non-hydrogen) atoms. The molecule has 2 aromatic rings. The lowest BCUT2D eigenvalue weighted by molar-refractivity contribution is -0.0868. The normalized spacial score (nSPS) is 24.1. The van der Waals surface area contributed by atoms with E-state index in [-0.39, 0.29) is 60.8 Å². The molecule has 4 aliphatic heterocycles. The maximum absolute atomic E-state index is 14.2. The Morgan fingerprint density at radius 1 is 1.26 bits per heavy atom. The van der Waals surface area contributed by atoms with E-state index in [2.05, 4.69) is 10.5 Å². The monoisotopic (exact) mass is 598 g/mol. The first-order valence-corrected chi connectivity index (χ1v) is 14.3. The van der Waals surface area contributed by atoms with E-state index < -0.39 is 40.5 Å². The van der Waals surface area contributed by atoms with Gasteiger partial charge in [-0.2, -0.15) is 0 Å². The van der Waals surface area contributed by atoms with Gasteiger partial charge in [0.1, 0.15) is 23.3 Å². The summed E-state index contributed by atoms with van der Waals surface area (Å²) in [4.78, 5) is 48.7. The Hall–Kier alpha value is -4.26. The fourth-order valence-electron chi connectivity index (χ4n) is 5.61. The Balaban J connectivity index is 1.40. The number of unbranched alkanes of at least 4 members (excludes halogenated alkanes) is 1. The number of amides is 2. The Morgan fingerprint density at radius 3 is 2.79 bits per heavy atom. The number of oxime groups is 1. The van der Waals surface area contributed by atoms with Gasteiger partial charge < -0.3 is 33.8 Å². The van der Waals surface area contributed by atoms with Crippen LogP contribution in [0.3, 0.4) is 0 Å². The summed E-state index contributed by atoms with van der Waals surface area (Å²) in [6, 6.07) is 2.07. The van der Waals surface area contributed by atoms with Crippen molar-refractivity contribution in [3.8, 4) is 5.75 Å². The van der Waals surface area contributed by atoms with Gasteiger partial charge in [0.25, 0.3) is 11.8 Å². The van der Waals surface area contributed by atoms with E-state index in [9.17, 15) is 23.2 Å². The van der Waals surface area contributed by atoms with Crippen molar-refractivity contribution in [3.05, 3.63) is 75.2 Å². The number of hydrogen-bond donors (Lipinski definition) is 1. The molecule has 2 bridgehead atoms. The Labute approximate surface area is 246 Å². The number of carbonyl (C=O) groups excluding carboxylic acids is 2. The predicted molar refractivity (Wildman–Crippen MR) is 149 cm³/mol. The molecule has 1 spiro atoms. The molecule has 0 aliphatic carbocycles. The average Bonchev–Trinajstić information content (AvgIpc) is 3.32. The quantitative estimate of drug-likeness (QED) is 0.366. The van der Waals surface area contributed by atoms with Crippen LogP contribution in [0.2, 0.25) is 0 Å². The van der Waals surface area contributed by atoms with E-state index in [1.165, 1.54) is 12.3 Å². The number of carbonyl (C=O) groups is 2. The molecule has 11 nitrogen and oxygen atoms in total. The van der Waals surface area contributed by atoms with Crippen molar-refractivity contribution in [2.75, 3.05) is 26.4 Å². The number of pyridine rings is 1. The SMILES string of the molecule is CCCCOc1c2n(cc(C(=O)NCc3ccc(F)cc3F)c1=O)[C@@H]1CN(C2=O)[C@@H](C)C=C[C@]12CC(OC1COC1)=NO2. The Kier molecular flexibility index (Phi) is 7.67. The summed E-state index contributed by atoms with van der Waals surface area (Å²) in [5, 5.41) is 6.75. The molecule has 1 fully saturated rings. The number of fused-ring (bicyclic) bond motifs is 5. The lowest BCUT2D eigenvalue weighted by atomic mass is 9.88. The molecule has 6 rings (SSSR count). The molecule has 3 atom stereocenters. The number of halogens is 2. The Morgan fingerprint density at radius 2 is 2.07 bits per heavy atom. The summed E-state index contributed by atoms with van der Waals surface area (Å²) in [6.45, 7) is 4.79. The molecule has 13 heteroatoms. The van der Waals surface area contributed by atoms with Crippen molar-refractivity contribution in [1.82, 2.24) is 14.8 Å². The van der Waals surface area contributed by atoms with E-state index in [1.54, 1.807) is 9.47 Å². The molecule has 1 aromatic carbocycles. The highest BCUT2D eigenvalue weighted by atomic mass is 19.1. The van der Waals surface area contributed by atoms with Crippen LogP contribution in [0.5, 0.6) is 5.75 Å². The number of nitrogens with zero attached hydrogens (tertiary/aromatic N) is 3. The van der Waals surface area contributed by atoms with Crippen molar-refractivity contribution in [3.63, 3.8) is 0 Å². The van der Waals surface area contributed by atoms with E-state index >= 15 is 0 Å². The second kappa shape index (κ2) is 11.4. The van der Waals surface area contributed by atoms with Crippen LogP contribution >= 0.6 is 0 Å². The first-order valence-electron chi connectivity index (χ1n) is 14.3. The van der Waals surface area contributed by atoms with Crippen LogP contribution in [-0.2, 0) is 20.9 Å². The van der Waals surface area contributed by atoms with E-state index in [0.29, 0.717) is 31.6 Å². The minimum atomic E-state index is -1.08. The van der Waals surface area contributed by atoms with Crippen LogP contribution in [0.4, 0.5) is 8.78 Å². The molecule has 0 unspecified atom stereocenters. The van der Waals surface area contributed by atoms with Gasteiger partial charge in [0.15, 0.2) is 17.0 Å². The molecule has 1 N–H and O–H groups in total. The van der Waals surface area contributed by atoms with Gasteiger partial charge in [-0.1, -0.05) is 30.6 Å². The van der Waals surface area contributed by atoms with Crippen LogP contribution in [0, 0.1) is 11.6 Å². The molecule has 4 aliphatic rings. The number of ether oxygens (including phenoxy) is 3. The largest absolute Gasteiger partial charge is 0.487 e. The predicted octanol–water partition coefficient (Wildman–Crippen LogP) is 3.08. The first-order chi connectivity index (χ1) is 20.7. The molecular formula is C30H32F2N4O7. The minimum absolute atomic E-state index is 0.0127. The zero-order valence-electron chi connectivity index (χ0n) is 23.8. The van der Waals surface area contributed by atoms with Crippen LogP contribution < -0.4 is 15.5 Å². The fourth-order valence-corrected chi connectivity index (χ4v) is 5.61. The highest BCUT2D eigenvalue weighted by Crippen LogP contribution is 2.44. The summed E-state index contributed by atoms with van der Waals surface area (Å²) in [5.74, 6) is -2.65. The van der Waals surface area contributed by atoms with Crippen molar-refractivity contribution < 1.29 is 37.4 Å².